The predicted octanol–water partition coefficient (Wildman–Crippen LogP) is 2.91. The summed E-state index contributed by atoms with van der Waals surface area (Å²) in [5, 5.41) is 6.55. The number of halogens is 3. The number of amides is 1. The Bertz CT molecular complexity index is 500. The third kappa shape index (κ3) is 3.25. The predicted molar refractivity (Wildman–Crippen MR) is 79.1 cm³/mol. The number of piperidine rings is 1. The van der Waals surface area contributed by atoms with Crippen LogP contribution < -0.4 is 10.6 Å². The molecule has 0 saturated carbocycles. The summed E-state index contributed by atoms with van der Waals surface area (Å²) in [5.41, 5.74) is 0.327. The fourth-order valence-corrected chi connectivity index (χ4v) is 3.20. The van der Waals surface area contributed by atoms with Crippen molar-refractivity contribution in [3.05, 3.63) is 34.6 Å². The summed E-state index contributed by atoms with van der Waals surface area (Å²) in [6.07, 6.45) is 4.29. The molecule has 2 heterocycles. The average Bonchev–Trinajstić information content (AvgIpc) is 2.72. The van der Waals surface area contributed by atoms with E-state index >= 15 is 0 Å². The fraction of sp³-hybridized carbons (Fsp3) is 0.500. The summed E-state index contributed by atoms with van der Waals surface area (Å²) in [6.45, 7) is 0. The molecule has 2 N–H and O–H groups in total. The van der Waals surface area contributed by atoms with Crippen molar-refractivity contribution in [2.45, 2.75) is 43.8 Å². The van der Waals surface area contributed by atoms with E-state index in [9.17, 15) is 9.18 Å². The van der Waals surface area contributed by atoms with E-state index in [4.69, 9.17) is 11.6 Å². The Balaban J connectivity index is 0.00000147. The van der Waals surface area contributed by atoms with E-state index in [2.05, 4.69) is 10.6 Å². The summed E-state index contributed by atoms with van der Waals surface area (Å²) in [6, 6.07) is 5.38. The molecule has 1 aromatic rings. The van der Waals surface area contributed by atoms with Crippen LogP contribution in [-0.4, -0.2) is 24.0 Å². The van der Waals surface area contributed by atoms with Gasteiger partial charge >= 0.3 is 0 Å². The minimum absolute atomic E-state index is 0. The quantitative estimate of drug-likeness (QED) is 0.880. The van der Waals surface area contributed by atoms with E-state index in [-0.39, 0.29) is 29.4 Å². The van der Waals surface area contributed by atoms with Crippen molar-refractivity contribution in [2.75, 3.05) is 0 Å². The second kappa shape index (κ2) is 6.29. The van der Waals surface area contributed by atoms with Crippen molar-refractivity contribution in [3.63, 3.8) is 0 Å². The molecule has 0 radical (unpaired) electrons. The van der Waals surface area contributed by atoms with Gasteiger partial charge < -0.3 is 10.6 Å². The number of nitrogens with one attached hydrogen (secondary N) is 2. The first kappa shape index (κ1) is 15.5. The molecule has 0 aliphatic carbocycles. The molecule has 2 atom stereocenters. The van der Waals surface area contributed by atoms with Crippen LogP contribution in [0.25, 0.3) is 0 Å². The molecule has 2 unspecified atom stereocenters. The van der Waals surface area contributed by atoms with Gasteiger partial charge in [0.15, 0.2) is 0 Å². The summed E-state index contributed by atoms with van der Waals surface area (Å²) < 4.78 is 13.3. The third-order valence-electron chi connectivity index (χ3n) is 3.99. The highest BCUT2D eigenvalue weighted by atomic mass is 35.5. The van der Waals surface area contributed by atoms with Crippen molar-refractivity contribution in [1.29, 1.82) is 0 Å². The second-order valence-corrected chi connectivity index (χ2v) is 5.82. The van der Waals surface area contributed by atoms with Crippen molar-refractivity contribution in [3.8, 4) is 0 Å². The number of rotatable bonds is 2. The van der Waals surface area contributed by atoms with E-state index < -0.39 is 5.82 Å². The number of hydrogen-bond acceptors (Lipinski definition) is 2. The van der Waals surface area contributed by atoms with Crippen molar-refractivity contribution < 1.29 is 9.18 Å². The molecule has 6 heteroatoms. The molecule has 2 aliphatic heterocycles. The van der Waals surface area contributed by atoms with Crippen LogP contribution in [0.1, 0.15) is 36.0 Å². The highest BCUT2D eigenvalue weighted by molar-refractivity contribution is 6.30. The van der Waals surface area contributed by atoms with Crippen LogP contribution in [0, 0.1) is 5.82 Å². The van der Waals surface area contributed by atoms with E-state index in [1.165, 1.54) is 25.0 Å². The molecule has 2 fully saturated rings. The number of benzene rings is 1. The van der Waals surface area contributed by atoms with Gasteiger partial charge in [0.05, 0.1) is 5.02 Å². The zero-order valence-corrected chi connectivity index (χ0v) is 12.4. The monoisotopic (exact) mass is 318 g/mol. The van der Waals surface area contributed by atoms with E-state index in [1.54, 1.807) is 6.07 Å². The Kier molecular flexibility index (Phi) is 4.89. The lowest BCUT2D eigenvalue weighted by Gasteiger charge is -2.29. The molecular formula is C14H17Cl2FN2O. The first-order valence-corrected chi connectivity index (χ1v) is 7.01. The van der Waals surface area contributed by atoms with Gasteiger partial charge in [0.1, 0.15) is 5.82 Å². The van der Waals surface area contributed by atoms with Gasteiger partial charge in [0.25, 0.3) is 5.91 Å². The Labute approximate surface area is 128 Å². The van der Waals surface area contributed by atoms with Gasteiger partial charge in [0.2, 0.25) is 0 Å². The lowest BCUT2D eigenvalue weighted by atomic mass is 9.99. The van der Waals surface area contributed by atoms with Crippen LogP contribution in [0.2, 0.25) is 5.02 Å². The number of carbonyl (C=O) groups is 1. The molecule has 0 aromatic heterocycles. The average molecular weight is 319 g/mol. The van der Waals surface area contributed by atoms with E-state index in [0.29, 0.717) is 17.6 Å². The fourth-order valence-electron chi connectivity index (χ4n) is 3.08. The molecule has 1 aromatic carbocycles. The van der Waals surface area contributed by atoms with Gasteiger partial charge in [-0.05, 0) is 43.9 Å². The third-order valence-corrected chi connectivity index (χ3v) is 4.30. The Morgan fingerprint density at radius 2 is 1.95 bits per heavy atom. The van der Waals surface area contributed by atoms with Gasteiger partial charge in [0, 0.05) is 23.7 Å². The van der Waals surface area contributed by atoms with Crippen molar-refractivity contribution in [1.82, 2.24) is 10.6 Å². The number of carbonyl (C=O) groups excluding carboxylic acids is 1. The summed E-state index contributed by atoms with van der Waals surface area (Å²) in [5.74, 6) is -0.776. The van der Waals surface area contributed by atoms with Crippen molar-refractivity contribution >= 4 is 29.9 Å². The maximum Gasteiger partial charge on any atom is 0.251 e. The SMILES string of the molecule is Cl.O=C(NC1CC2CCC(C1)N2)c1ccc(Cl)c(F)c1. The van der Waals surface area contributed by atoms with Gasteiger partial charge in [-0.2, -0.15) is 0 Å². The standard InChI is InChI=1S/C14H16ClFN2O.ClH/c15-12-4-1-8(5-13(12)16)14(19)18-11-6-9-2-3-10(7-11)17-9;/h1,4-5,9-11,17H,2-3,6-7H2,(H,18,19);1H. The Morgan fingerprint density at radius 3 is 2.55 bits per heavy atom. The normalized spacial score (nSPS) is 27.8. The van der Waals surface area contributed by atoms with Crippen LogP contribution in [0.3, 0.4) is 0 Å². The Morgan fingerprint density at radius 1 is 1.30 bits per heavy atom. The van der Waals surface area contributed by atoms with Crippen LogP contribution in [0.5, 0.6) is 0 Å². The minimum atomic E-state index is -0.556. The largest absolute Gasteiger partial charge is 0.349 e. The molecule has 1 amide bonds. The number of fused-ring (bicyclic) bond motifs is 2. The topological polar surface area (TPSA) is 41.1 Å². The van der Waals surface area contributed by atoms with Gasteiger partial charge in [-0.15, -0.1) is 12.4 Å². The van der Waals surface area contributed by atoms with Crippen LogP contribution in [0.15, 0.2) is 18.2 Å². The Hall–Kier alpha value is -0.840. The molecule has 0 spiro atoms. The first-order chi connectivity index (χ1) is 9.11. The molecule has 2 saturated heterocycles. The molecule has 2 aliphatic rings. The van der Waals surface area contributed by atoms with Crippen LogP contribution in [-0.2, 0) is 0 Å². The van der Waals surface area contributed by atoms with Crippen LogP contribution in [0.4, 0.5) is 4.39 Å². The van der Waals surface area contributed by atoms with Gasteiger partial charge in [-0.3, -0.25) is 4.79 Å². The zero-order chi connectivity index (χ0) is 13.4. The summed E-state index contributed by atoms with van der Waals surface area (Å²) >= 11 is 5.61. The highest BCUT2D eigenvalue weighted by Crippen LogP contribution is 2.27. The molecule has 3 nitrogen and oxygen atoms in total. The van der Waals surface area contributed by atoms with Crippen LogP contribution >= 0.6 is 24.0 Å². The van der Waals surface area contributed by atoms with E-state index in [0.717, 1.165) is 12.8 Å². The summed E-state index contributed by atoms with van der Waals surface area (Å²) in [4.78, 5) is 12.1. The summed E-state index contributed by atoms with van der Waals surface area (Å²) in [7, 11) is 0. The van der Waals surface area contributed by atoms with E-state index in [1.807, 2.05) is 0 Å². The van der Waals surface area contributed by atoms with Crippen molar-refractivity contribution in [2.24, 2.45) is 0 Å². The smallest absolute Gasteiger partial charge is 0.251 e. The molecule has 20 heavy (non-hydrogen) atoms. The molecule has 2 bridgehead atoms. The number of hydrogen-bond donors (Lipinski definition) is 2. The second-order valence-electron chi connectivity index (χ2n) is 5.41. The maximum absolute atomic E-state index is 13.3. The lowest BCUT2D eigenvalue weighted by molar-refractivity contribution is 0.0923. The zero-order valence-electron chi connectivity index (χ0n) is 10.9. The first-order valence-electron chi connectivity index (χ1n) is 6.64. The van der Waals surface area contributed by atoms with Gasteiger partial charge in [-0.1, -0.05) is 11.6 Å². The molecular weight excluding hydrogens is 302 g/mol. The van der Waals surface area contributed by atoms with Gasteiger partial charge in [-0.25, -0.2) is 4.39 Å². The highest BCUT2D eigenvalue weighted by Gasteiger charge is 2.34. The minimum Gasteiger partial charge on any atom is -0.349 e. The lowest BCUT2D eigenvalue weighted by Crippen LogP contribution is -2.48. The maximum atomic E-state index is 13.3. The molecule has 110 valence electrons. The molecule has 3 rings (SSSR count).